The van der Waals surface area contributed by atoms with Gasteiger partial charge >= 0.3 is 0 Å². The van der Waals surface area contributed by atoms with E-state index in [0.717, 1.165) is 37.6 Å². The van der Waals surface area contributed by atoms with Crippen LogP contribution in [0.2, 0.25) is 5.02 Å². The summed E-state index contributed by atoms with van der Waals surface area (Å²) in [5.41, 5.74) is 1.23. The Morgan fingerprint density at radius 1 is 1.00 bits per heavy atom. The van der Waals surface area contributed by atoms with Crippen LogP contribution in [0.3, 0.4) is 0 Å². The van der Waals surface area contributed by atoms with Crippen molar-refractivity contribution in [3.63, 3.8) is 0 Å². The molecule has 0 unspecified atom stereocenters. The van der Waals surface area contributed by atoms with Crippen LogP contribution in [0.4, 0.5) is 0 Å². The molecule has 3 heteroatoms. The van der Waals surface area contributed by atoms with E-state index in [2.05, 4.69) is 23.6 Å². The Morgan fingerprint density at radius 3 is 2.41 bits per heavy atom. The third-order valence-electron chi connectivity index (χ3n) is 2.66. The number of halogens is 1. The minimum Gasteiger partial charge on any atom is -0.317 e. The zero-order valence-corrected chi connectivity index (χ0v) is 11.4. The Morgan fingerprint density at radius 2 is 1.71 bits per heavy atom. The van der Waals surface area contributed by atoms with Crippen LogP contribution in [-0.2, 0) is 6.42 Å². The molecule has 0 amide bonds. The lowest BCUT2D eigenvalue weighted by molar-refractivity contribution is 0.593. The Balaban J connectivity index is 1.99. The average Bonchev–Trinajstić information content (AvgIpc) is 2.35. The highest BCUT2D eigenvalue weighted by Crippen LogP contribution is 2.14. The van der Waals surface area contributed by atoms with Crippen molar-refractivity contribution in [2.75, 3.05) is 26.2 Å². The van der Waals surface area contributed by atoms with Crippen molar-refractivity contribution in [2.24, 2.45) is 0 Å². The minimum atomic E-state index is 0.874. The SMILES string of the molecule is CCCNCCCNCCc1ccccc1Cl. The third kappa shape index (κ3) is 6.67. The summed E-state index contributed by atoms with van der Waals surface area (Å²) in [6.07, 6.45) is 3.39. The van der Waals surface area contributed by atoms with Gasteiger partial charge in [0.1, 0.15) is 0 Å². The number of benzene rings is 1. The molecule has 2 nitrogen and oxygen atoms in total. The molecular weight excluding hydrogens is 232 g/mol. The topological polar surface area (TPSA) is 24.1 Å². The maximum atomic E-state index is 6.08. The van der Waals surface area contributed by atoms with Gasteiger partial charge in [-0.05, 0) is 57.1 Å². The van der Waals surface area contributed by atoms with Crippen LogP contribution in [0.25, 0.3) is 0 Å². The van der Waals surface area contributed by atoms with E-state index in [0.29, 0.717) is 0 Å². The number of hydrogen-bond acceptors (Lipinski definition) is 2. The quantitative estimate of drug-likeness (QED) is 0.663. The summed E-state index contributed by atoms with van der Waals surface area (Å²) < 4.78 is 0. The molecule has 0 aliphatic carbocycles. The predicted molar refractivity (Wildman–Crippen MR) is 75.8 cm³/mol. The first-order valence-electron chi connectivity index (χ1n) is 6.49. The largest absolute Gasteiger partial charge is 0.317 e. The van der Waals surface area contributed by atoms with Gasteiger partial charge in [-0.1, -0.05) is 36.7 Å². The van der Waals surface area contributed by atoms with Crippen LogP contribution in [0.5, 0.6) is 0 Å². The summed E-state index contributed by atoms with van der Waals surface area (Å²) in [5.74, 6) is 0. The predicted octanol–water partition coefficient (Wildman–Crippen LogP) is 2.86. The first-order chi connectivity index (χ1) is 8.34. The van der Waals surface area contributed by atoms with Crippen LogP contribution in [0.1, 0.15) is 25.3 Å². The number of hydrogen-bond donors (Lipinski definition) is 2. The summed E-state index contributed by atoms with van der Waals surface area (Å²) in [4.78, 5) is 0. The van der Waals surface area contributed by atoms with Crippen LogP contribution in [0, 0.1) is 0 Å². The van der Waals surface area contributed by atoms with Gasteiger partial charge in [0.15, 0.2) is 0 Å². The number of rotatable bonds is 9. The van der Waals surface area contributed by atoms with Crippen LogP contribution >= 0.6 is 11.6 Å². The zero-order chi connectivity index (χ0) is 12.3. The summed E-state index contributed by atoms with van der Waals surface area (Å²) in [6, 6.07) is 8.05. The van der Waals surface area contributed by atoms with Gasteiger partial charge in [-0.15, -0.1) is 0 Å². The van der Waals surface area contributed by atoms with Crippen molar-refractivity contribution in [1.29, 1.82) is 0 Å². The number of nitrogens with one attached hydrogen (secondary N) is 2. The summed E-state index contributed by atoms with van der Waals surface area (Å²) >= 11 is 6.08. The average molecular weight is 255 g/mol. The van der Waals surface area contributed by atoms with E-state index < -0.39 is 0 Å². The molecule has 0 atom stereocenters. The van der Waals surface area contributed by atoms with E-state index in [1.165, 1.54) is 18.4 Å². The van der Waals surface area contributed by atoms with Gasteiger partial charge in [-0.25, -0.2) is 0 Å². The molecule has 2 N–H and O–H groups in total. The standard InChI is InChI=1S/C14H23ClN2/c1-2-9-16-10-5-11-17-12-8-13-6-3-4-7-14(13)15/h3-4,6-7,16-17H,2,5,8-12H2,1H3. The maximum absolute atomic E-state index is 6.08. The van der Waals surface area contributed by atoms with Crippen LogP contribution in [-0.4, -0.2) is 26.2 Å². The third-order valence-corrected chi connectivity index (χ3v) is 3.03. The highest BCUT2D eigenvalue weighted by Gasteiger charge is 1.97. The van der Waals surface area contributed by atoms with E-state index >= 15 is 0 Å². The lowest BCUT2D eigenvalue weighted by atomic mass is 10.1. The normalized spacial score (nSPS) is 10.7. The van der Waals surface area contributed by atoms with Gasteiger partial charge in [0.25, 0.3) is 0 Å². The first-order valence-corrected chi connectivity index (χ1v) is 6.87. The van der Waals surface area contributed by atoms with Crippen LogP contribution < -0.4 is 10.6 Å². The second kappa shape index (κ2) is 9.46. The second-order valence-corrected chi connectivity index (χ2v) is 4.60. The van der Waals surface area contributed by atoms with Crippen molar-refractivity contribution in [1.82, 2.24) is 10.6 Å². The molecule has 1 aromatic carbocycles. The molecule has 0 heterocycles. The van der Waals surface area contributed by atoms with E-state index in [9.17, 15) is 0 Å². The molecule has 0 radical (unpaired) electrons. The second-order valence-electron chi connectivity index (χ2n) is 4.19. The monoisotopic (exact) mass is 254 g/mol. The summed E-state index contributed by atoms with van der Waals surface area (Å²) in [7, 11) is 0. The Labute approximate surface area is 110 Å². The van der Waals surface area contributed by atoms with Gasteiger partial charge in [-0.3, -0.25) is 0 Å². The smallest absolute Gasteiger partial charge is 0.0438 e. The Kier molecular flexibility index (Phi) is 8.06. The van der Waals surface area contributed by atoms with Gasteiger partial charge in [0, 0.05) is 5.02 Å². The fourth-order valence-corrected chi connectivity index (χ4v) is 1.92. The van der Waals surface area contributed by atoms with E-state index in [1.54, 1.807) is 0 Å². The Bertz CT molecular complexity index is 302. The highest BCUT2D eigenvalue weighted by molar-refractivity contribution is 6.31. The van der Waals surface area contributed by atoms with E-state index in [4.69, 9.17) is 11.6 Å². The molecule has 17 heavy (non-hydrogen) atoms. The van der Waals surface area contributed by atoms with Crippen molar-refractivity contribution < 1.29 is 0 Å². The lowest BCUT2D eigenvalue weighted by Crippen LogP contribution is -2.24. The Hall–Kier alpha value is -0.570. The molecule has 1 rings (SSSR count). The van der Waals surface area contributed by atoms with Gasteiger partial charge < -0.3 is 10.6 Å². The van der Waals surface area contributed by atoms with Crippen LogP contribution in [0.15, 0.2) is 24.3 Å². The molecular formula is C14H23ClN2. The first kappa shape index (κ1) is 14.5. The molecule has 0 spiro atoms. The van der Waals surface area contributed by atoms with Crippen molar-refractivity contribution in [2.45, 2.75) is 26.2 Å². The molecule has 0 aliphatic heterocycles. The van der Waals surface area contributed by atoms with Crippen molar-refractivity contribution in [3.05, 3.63) is 34.9 Å². The van der Waals surface area contributed by atoms with E-state index in [-0.39, 0.29) is 0 Å². The van der Waals surface area contributed by atoms with Crippen molar-refractivity contribution in [3.8, 4) is 0 Å². The molecule has 0 aromatic heterocycles. The summed E-state index contributed by atoms with van der Waals surface area (Å²) in [5, 5.41) is 7.71. The van der Waals surface area contributed by atoms with Crippen molar-refractivity contribution >= 4 is 11.6 Å². The van der Waals surface area contributed by atoms with Gasteiger partial charge in [0.05, 0.1) is 0 Å². The molecule has 0 bridgehead atoms. The van der Waals surface area contributed by atoms with Gasteiger partial charge in [-0.2, -0.15) is 0 Å². The maximum Gasteiger partial charge on any atom is 0.0438 e. The minimum absolute atomic E-state index is 0.874. The molecule has 0 saturated heterocycles. The molecule has 0 aliphatic rings. The van der Waals surface area contributed by atoms with Gasteiger partial charge in [0.2, 0.25) is 0 Å². The molecule has 1 aromatic rings. The molecule has 0 saturated carbocycles. The van der Waals surface area contributed by atoms with E-state index in [1.807, 2.05) is 18.2 Å². The molecule has 96 valence electrons. The zero-order valence-electron chi connectivity index (χ0n) is 10.6. The fourth-order valence-electron chi connectivity index (χ4n) is 1.69. The fraction of sp³-hybridized carbons (Fsp3) is 0.571. The summed E-state index contributed by atoms with van der Waals surface area (Å²) in [6.45, 7) is 6.49. The molecule has 0 fully saturated rings. The highest BCUT2D eigenvalue weighted by atomic mass is 35.5. The lowest BCUT2D eigenvalue weighted by Gasteiger charge is -2.06.